The summed E-state index contributed by atoms with van der Waals surface area (Å²) >= 11 is 0. The summed E-state index contributed by atoms with van der Waals surface area (Å²) in [5, 5.41) is 9.39. The summed E-state index contributed by atoms with van der Waals surface area (Å²) in [5.74, 6) is 7.27. The molecule has 1 aliphatic heterocycles. The molecule has 4 N–H and O–H groups in total. The lowest BCUT2D eigenvalue weighted by Gasteiger charge is -2.42. The highest BCUT2D eigenvalue weighted by Crippen LogP contribution is 2.26. The molecular weight excluding hydrogens is 274 g/mol. The first-order chi connectivity index (χ1) is 9.97. The minimum absolute atomic E-state index is 0.0298. The van der Waals surface area contributed by atoms with Crippen LogP contribution in [0.1, 0.15) is 19.7 Å². The van der Waals surface area contributed by atoms with E-state index in [4.69, 9.17) is 15.3 Å². The number of rotatable bonds is 5. The highest BCUT2D eigenvalue weighted by atomic mass is 16.5. The molecule has 21 heavy (non-hydrogen) atoms. The molecule has 0 saturated carbocycles. The first kappa shape index (κ1) is 15.9. The van der Waals surface area contributed by atoms with Crippen LogP contribution in [0.5, 0.6) is 0 Å². The third-order valence-electron chi connectivity index (χ3n) is 3.19. The fourth-order valence-corrected chi connectivity index (χ4v) is 2.48. The van der Waals surface area contributed by atoms with Gasteiger partial charge in [0.05, 0.1) is 18.3 Å². The van der Waals surface area contributed by atoms with Gasteiger partial charge in [0.2, 0.25) is 0 Å². The van der Waals surface area contributed by atoms with Gasteiger partial charge in [-0.05, 0) is 13.8 Å². The summed E-state index contributed by atoms with van der Waals surface area (Å²) < 4.78 is 10.9. The molecule has 0 spiro atoms. The first-order valence-electron chi connectivity index (χ1n) is 6.84. The Morgan fingerprint density at radius 1 is 1.57 bits per heavy atom. The van der Waals surface area contributed by atoms with Gasteiger partial charge in [-0.3, -0.25) is 0 Å². The van der Waals surface area contributed by atoms with Crippen LogP contribution in [0.2, 0.25) is 0 Å². The Morgan fingerprint density at radius 2 is 2.33 bits per heavy atom. The van der Waals surface area contributed by atoms with Crippen molar-refractivity contribution in [1.82, 2.24) is 9.97 Å². The Hall–Kier alpha value is -1.48. The number of aromatic nitrogens is 2. The normalized spacial score (nSPS) is 21.4. The van der Waals surface area contributed by atoms with Gasteiger partial charge in [-0.2, -0.15) is 0 Å². The lowest BCUT2D eigenvalue weighted by Crippen LogP contribution is -2.54. The third kappa shape index (κ3) is 4.01. The first-order valence-corrected chi connectivity index (χ1v) is 6.84. The summed E-state index contributed by atoms with van der Waals surface area (Å²) in [5.41, 5.74) is 2.17. The summed E-state index contributed by atoms with van der Waals surface area (Å²) in [6.45, 7) is 5.48. The zero-order valence-electron chi connectivity index (χ0n) is 12.7. The van der Waals surface area contributed by atoms with Crippen LogP contribution in [0.15, 0.2) is 6.07 Å². The number of methoxy groups -OCH3 is 1. The minimum atomic E-state index is -0.367. The van der Waals surface area contributed by atoms with E-state index in [1.165, 1.54) is 0 Å². The molecule has 8 heteroatoms. The number of hydrogen-bond acceptors (Lipinski definition) is 8. The maximum Gasteiger partial charge on any atom is 0.158 e. The van der Waals surface area contributed by atoms with Gasteiger partial charge in [0.15, 0.2) is 5.82 Å². The molecule has 8 nitrogen and oxygen atoms in total. The quantitative estimate of drug-likeness (QED) is 0.510. The zero-order valence-corrected chi connectivity index (χ0v) is 12.7. The number of ether oxygens (including phenoxy) is 2. The van der Waals surface area contributed by atoms with Gasteiger partial charge in [0.1, 0.15) is 18.2 Å². The zero-order chi connectivity index (χ0) is 15.5. The molecule has 0 aromatic carbocycles. The van der Waals surface area contributed by atoms with Crippen molar-refractivity contribution in [3.8, 4) is 0 Å². The van der Waals surface area contributed by atoms with E-state index in [0.717, 1.165) is 5.82 Å². The smallest absolute Gasteiger partial charge is 0.158 e. The number of hydrazine groups is 1. The van der Waals surface area contributed by atoms with Crippen molar-refractivity contribution in [2.75, 3.05) is 37.1 Å². The molecule has 0 radical (unpaired) electrons. The van der Waals surface area contributed by atoms with Crippen LogP contribution >= 0.6 is 0 Å². The highest BCUT2D eigenvalue weighted by molar-refractivity contribution is 5.49. The molecule has 1 saturated heterocycles. The molecule has 118 valence electrons. The molecule has 1 aromatic rings. The van der Waals surface area contributed by atoms with E-state index in [-0.39, 0.29) is 18.3 Å². The van der Waals surface area contributed by atoms with E-state index in [2.05, 4.69) is 20.3 Å². The molecule has 0 amide bonds. The Morgan fingerprint density at radius 3 is 2.95 bits per heavy atom. The van der Waals surface area contributed by atoms with E-state index in [0.29, 0.717) is 31.3 Å². The third-order valence-corrected chi connectivity index (χ3v) is 3.19. The topological polar surface area (TPSA) is 106 Å². The Labute approximate surface area is 124 Å². The van der Waals surface area contributed by atoms with Crippen LogP contribution < -0.4 is 16.2 Å². The molecule has 1 aliphatic rings. The monoisotopic (exact) mass is 297 g/mol. The number of hydrogen-bond donors (Lipinski definition) is 3. The number of nitrogens with one attached hydrogen (secondary N) is 1. The van der Waals surface area contributed by atoms with Crippen LogP contribution in [-0.4, -0.2) is 53.6 Å². The van der Waals surface area contributed by atoms with Crippen molar-refractivity contribution >= 4 is 11.6 Å². The van der Waals surface area contributed by atoms with Crippen LogP contribution in [0, 0.1) is 0 Å². The Bertz CT molecular complexity index is 483. The second kappa shape index (κ2) is 6.52. The largest absolute Gasteiger partial charge is 0.394 e. The van der Waals surface area contributed by atoms with Gasteiger partial charge < -0.3 is 24.9 Å². The van der Waals surface area contributed by atoms with Crippen molar-refractivity contribution in [2.45, 2.75) is 32.2 Å². The van der Waals surface area contributed by atoms with Gasteiger partial charge in [0, 0.05) is 26.3 Å². The lowest BCUT2D eigenvalue weighted by atomic mass is 10.1. The standard InChI is InChI=1S/C13H23N5O3/c1-13(2)8-18(5-9(6-19)21-13)12-4-10(17-14)15-11(16-12)7-20-3/h4,9,19H,5-8,14H2,1-3H3,(H,15,16,17). The predicted molar refractivity (Wildman–Crippen MR) is 78.8 cm³/mol. The van der Waals surface area contributed by atoms with Gasteiger partial charge in [-0.1, -0.05) is 0 Å². The van der Waals surface area contributed by atoms with Gasteiger partial charge in [-0.25, -0.2) is 15.8 Å². The van der Waals surface area contributed by atoms with Crippen molar-refractivity contribution in [3.05, 3.63) is 11.9 Å². The van der Waals surface area contributed by atoms with E-state index < -0.39 is 0 Å². The second-order valence-corrected chi connectivity index (χ2v) is 5.67. The maximum absolute atomic E-state index is 9.39. The van der Waals surface area contributed by atoms with Crippen LogP contribution in [0.25, 0.3) is 0 Å². The van der Waals surface area contributed by atoms with Crippen LogP contribution in [0.3, 0.4) is 0 Å². The van der Waals surface area contributed by atoms with Gasteiger partial charge in [0.25, 0.3) is 0 Å². The molecule has 0 aliphatic carbocycles. The van der Waals surface area contributed by atoms with Gasteiger partial charge in [-0.15, -0.1) is 0 Å². The molecule has 1 aromatic heterocycles. The number of nitrogen functional groups attached to an aromatic ring is 1. The molecule has 1 unspecified atom stereocenters. The number of nitrogens with two attached hydrogens (primary N) is 1. The number of aliphatic hydroxyl groups excluding tert-OH is 1. The SMILES string of the molecule is COCc1nc(NN)cc(N2CC(CO)OC(C)(C)C2)n1. The van der Waals surface area contributed by atoms with Crippen LogP contribution in [-0.2, 0) is 16.1 Å². The summed E-state index contributed by atoms with van der Waals surface area (Å²) in [7, 11) is 1.59. The fraction of sp³-hybridized carbons (Fsp3) is 0.692. The molecule has 2 heterocycles. The second-order valence-electron chi connectivity index (χ2n) is 5.67. The van der Waals surface area contributed by atoms with Crippen molar-refractivity contribution in [2.24, 2.45) is 5.84 Å². The number of nitrogens with zero attached hydrogens (tertiary/aromatic N) is 3. The number of anilines is 2. The van der Waals surface area contributed by atoms with Crippen molar-refractivity contribution in [1.29, 1.82) is 0 Å². The summed E-state index contributed by atoms with van der Waals surface area (Å²) in [4.78, 5) is 10.8. The van der Waals surface area contributed by atoms with E-state index >= 15 is 0 Å². The fourth-order valence-electron chi connectivity index (χ4n) is 2.48. The molecule has 1 fully saturated rings. The van der Waals surface area contributed by atoms with Crippen LogP contribution in [0.4, 0.5) is 11.6 Å². The number of aliphatic hydroxyl groups is 1. The predicted octanol–water partition coefficient (Wildman–Crippen LogP) is -0.115. The average molecular weight is 297 g/mol. The van der Waals surface area contributed by atoms with E-state index in [1.807, 2.05) is 13.8 Å². The number of morpholine rings is 1. The molecular formula is C13H23N5O3. The molecule has 0 bridgehead atoms. The van der Waals surface area contributed by atoms with Gasteiger partial charge >= 0.3 is 0 Å². The van der Waals surface area contributed by atoms with E-state index in [9.17, 15) is 5.11 Å². The lowest BCUT2D eigenvalue weighted by molar-refractivity contribution is -0.101. The summed E-state index contributed by atoms with van der Waals surface area (Å²) in [6.07, 6.45) is -0.246. The average Bonchev–Trinajstić information content (AvgIpc) is 2.45. The molecule has 1 atom stereocenters. The minimum Gasteiger partial charge on any atom is -0.394 e. The molecule has 2 rings (SSSR count). The Balaban J connectivity index is 2.28. The maximum atomic E-state index is 9.39. The van der Waals surface area contributed by atoms with E-state index in [1.54, 1.807) is 13.2 Å². The van der Waals surface area contributed by atoms with Crippen molar-refractivity contribution < 1.29 is 14.6 Å². The Kier molecular flexibility index (Phi) is 4.94. The summed E-state index contributed by atoms with van der Waals surface area (Å²) in [6, 6.07) is 1.77. The van der Waals surface area contributed by atoms with Crippen molar-refractivity contribution in [3.63, 3.8) is 0 Å². The highest BCUT2D eigenvalue weighted by Gasteiger charge is 2.34.